The van der Waals surface area contributed by atoms with E-state index in [2.05, 4.69) is 6.92 Å². The van der Waals surface area contributed by atoms with Crippen molar-refractivity contribution in [3.8, 4) is 17.2 Å². The summed E-state index contributed by atoms with van der Waals surface area (Å²) in [5.74, 6) is 0.419. The molecule has 0 aromatic heterocycles. The molecule has 0 aliphatic rings. The van der Waals surface area contributed by atoms with Crippen molar-refractivity contribution in [3.63, 3.8) is 0 Å². The van der Waals surface area contributed by atoms with Gasteiger partial charge in [-0.15, -0.1) is 5.75 Å². The molecule has 2 rings (SSSR count). The molecule has 0 unspecified atom stereocenters. The molecule has 27 heavy (non-hydrogen) atoms. The van der Waals surface area contributed by atoms with Crippen molar-refractivity contribution in [2.24, 2.45) is 0 Å². The molecule has 0 aliphatic heterocycles. The maximum Gasteiger partial charge on any atom is 1.00 e. The average molecular weight is 400 g/mol. The van der Waals surface area contributed by atoms with E-state index in [4.69, 9.17) is 4.74 Å². The van der Waals surface area contributed by atoms with E-state index in [1.807, 2.05) is 0 Å². The van der Waals surface area contributed by atoms with Crippen molar-refractivity contribution < 1.29 is 52.4 Å². The van der Waals surface area contributed by atoms with Gasteiger partial charge in [0.25, 0.3) is 10.1 Å². The van der Waals surface area contributed by atoms with Crippen molar-refractivity contribution >= 4 is 10.1 Å². The van der Waals surface area contributed by atoms with E-state index in [9.17, 15) is 18.1 Å². The molecule has 2 aromatic rings. The van der Waals surface area contributed by atoms with Crippen molar-refractivity contribution in [1.29, 1.82) is 0 Å². The number of rotatable bonds is 10. The fraction of sp³-hybridized carbons (Fsp3) is 0.400. The summed E-state index contributed by atoms with van der Waals surface area (Å²) in [6.45, 7) is 2.17. The van der Waals surface area contributed by atoms with Crippen LogP contribution in [0, 0.1) is 0 Å². The van der Waals surface area contributed by atoms with Crippen molar-refractivity contribution in [2.45, 2.75) is 56.8 Å². The van der Waals surface area contributed by atoms with Crippen LogP contribution in [0.1, 0.15) is 51.0 Å². The van der Waals surface area contributed by atoms with Crippen LogP contribution in [0.4, 0.5) is 0 Å². The largest absolute Gasteiger partial charge is 1.00 e. The summed E-state index contributed by atoms with van der Waals surface area (Å²) < 4.78 is 38.1. The van der Waals surface area contributed by atoms with E-state index in [0.717, 1.165) is 24.8 Å². The van der Waals surface area contributed by atoms with Crippen LogP contribution in [0.3, 0.4) is 0 Å². The molecule has 0 atom stereocenters. The average Bonchev–Trinajstić information content (AvgIpc) is 2.57. The van der Waals surface area contributed by atoms with E-state index in [-0.39, 0.29) is 46.0 Å². The standard InChI is InChI=1S/C20H26O5S.Na/c1-2-3-4-5-6-7-9-16-12-19(15-20(13-16)26(22,23)24)25-18-11-8-10-17(21)14-18;/h8,10-15,21H,2-7,9H2,1H3,(H,22,23,24);/q;+1/p-1. The van der Waals surface area contributed by atoms with E-state index >= 15 is 0 Å². The SMILES string of the molecule is CCCCCCCCc1cc(Oc2cccc([O-])c2)cc(S(=O)(=O)O)c1.[Na+]. The number of ether oxygens (including phenoxy) is 1. The second-order valence-corrected chi connectivity index (χ2v) is 7.80. The molecule has 7 heteroatoms. The molecular formula is C20H25NaO5S. The zero-order valence-electron chi connectivity index (χ0n) is 16.0. The Balaban J connectivity index is 0.00000364. The fourth-order valence-corrected chi connectivity index (χ4v) is 3.33. The third-order valence-corrected chi connectivity index (χ3v) is 4.93. The maximum atomic E-state index is 11.5. The molecule has 2 aromatic carbocycles. The predicted octanol–water partition coefficient (Wildman–Crippen LogP) is 1.71. The van der Waals surface area contributed by atoms with Crippen LogP contribution in [0.2, 0.25) is 0 Å². The van der Waals surface area contributed by atoms with Gasteiger partial charge in [-0.25, -0.2) is 0 Å². The number of hydrogen-bond acceptors (Lipinski definition) is 4. The Hall–Kier alpha value is -1.05. The molecule has 0 fully saturated rings. The van der Waals surface area contributed by atoms with Gasteiger partial charge in [-0.05, 0) is 42.7 Å². The summed E-state index contributed by atoms with van der Waals surface area (Å²) in [5, 5.41) is 11.4. The number of benzene rings is 2. The van der Waals surface area contributed by atoms with Crippen molar-refractivity contribution in [2.75, 3.05) is 0 Å². The van der Waals surface area contributed by atoms with Gasteiger partial charge in [0.2, 0.25) is 0 Å². The van der Waals surface area contributed by atoms with E-state index in [0.29, 0.717) is 12.2 Å². The summed E-state index contributed by atoms with van der Waals surface area (Å²) in [6, 6.07) is 10.4. The van der Waals surface area contributed by atoms with Gasteiger partial charge < -0.3 is 9.84 Å². The molecule has 0 heterocycles. The van der Waals surface area contributed by atoms with Crippen molar-refractivity contribution in [3.05, 3.63) is 48.0 Å². The molecule has 0 saturated carbocycles. The third-order valence-electron chi connectivity index (χ3n) is 4.10. The van der Waals surface area contributed by atoms with Crippen LogP contribution in [0.25, 0.3) is 0 Å². The summed E-state index contributed by atoms with van der Waals surface area (Å²) in [7, 11) is -4.33. The molecule has 0 radical (unpaired) electrons. The van der Waals surface area contributed by atoms with Gasteiger partial charge in [0, 0.05) is 6.07 Å². The van der Waals surface area contributed by atoms with Gasteiger partial charge in [0.05, 0.1) is 4.90 Å². The van der Waals surface area contributed by atoms with Gasteiger partial charge in [-0.2, -0.15) is 8.42 Å². The first kappa shape index (κ1) is 24.0. The molecule has 1 N–H and O–H groups in total. The topological polar surface area (TPSA) is 86.7 Å². The molecule has 0 spiro atoms. The van der Waals surface area contributed by atoms with Gasteiger partial charge in [0.1, 0.15) is 11.5 Å². The Morgan fingerprint density at radius 2 is 1.67 bits per heavy atom. The monoisotopic (exact) mass is 400 g/mol. The summed E-state index contributed by atoms with van der Waals surface area (Å²) in [6.07, 6.45) is 7.51. The van der Waals surface area contributed by atoms with Crippen LogP contribution in [0.5, 0.6) is 17.2 Å². The molecule has 0 bridgehead atoms. The first-order valence-electron chi connectivity index (χ1n) is 8.95. The van der Waals surface area contributed by atoms with Gasteiger partial charge >= 0.3 is 29.6 Å². The first-order valence-corrected chi connectivity index (χ1v) is 10.4. The van der Waals surface area contributed by atoms with Gasteiger partial charge in [-0.3, -0.25) is 4.55 Å². The van der Waals surface area contributed by atoms with E-state index in [1.54, 1.807) is 18.2 Å². The minimum atomic E-state index is -4.33. The molecule has 0 amide bonds. The first-order chi connectivity index (χ1) is 12.4. The zero-order valence-corrected chi connectivity index (χ0v) is 18.8. The van der Waals surface area contributed by atoms with E-state index < -0.39 is 10.1 Å². The number of unbranched alkanes of at least 4 members (excludes halogenated alkanes) is 5. The second kappa shape index (κ2) is 11.7. The minimum absolute atomic E-state index is 0. The fourth-order valence-electron chi connectivity index (χ4n) is 2.77. The minimum Gasteiger partial charge on any atom is -0.872 e. The quantitative estimate of drug-likeness (QED) is 0.373. The Morgan fingerprint density at radius 3 is 2.33 bits per heavy atom. The van der Waals surface area contributed by atoms with Crippen LogP contribution >= 0.6 is 0 Å². The second-order valence-electron chi connectivity index (χ2n) is 6.38. The van der Waals surface area contributed by atoms with Gasteiger partial charge in [-0.1, -0.05) is 51.2 Å². The molecule has 0 aliphatic carbocycles. The number of hydrogen-bond donors (Lipinski definition) is 1. The number of aryl methyl sites for hydroxylation is 1. The summed E-state index contributed by atoms with van der Waals surface area (Å²) in [5.41, 5.74) is 0.781. The Bertz CT molecular complexity index is 821. The molecule has 142 valence electrons. The van der Waals surface area contributed by atoms with Gasteiger partial charge in [0.15, 0.2) is 0 Å². The summed E-state index contributed by atoms with van der Waals surface area (Å²) in [4.78, 5) is -0.200. The van der Waals surface area contributed by atoms with Crippen LogP contribution < -0.4 is 39.4 Å². The normalized spacial score (nSPS) is 11.0. The Labute approximate surface area is 183 Å². The smallest absolute Gasteiger partial charge is 0.872 e. The van der Waals surface area contributed by atoms with Crippen molar-refractivity contribution in [1.82, 2.24) is 0 Å². The maximum absolute atomic E-state index is 11.5. The summed E-state index contributed by atoms with van der Waals surface area (Å²) >= 11 is 0. The third kappa shape index (κ3) is 8.66. The zero-order chi connectivity index (χ0) is 19.0. The molecule has 5 nitrogen and oxygen atoms in total. The van der Waals surface area contributed by atoms with Crippen LogP contribution in [0.15, 0.2) is 47.4 Å². The Kier molecular flexibility index (Phi) is 10.4. The predicted molar refractivity (Wildman–Crippen MR) is 99.3 cm³/mol. The molecular weight excluding hydrogens is 375 g/mol. The van der Waals surface area contributed by atoms with E-state index in [1.165, 1.54) is 43.5 Å². The van der Waals surface area contributed by atoms with Crippen LogP contribution in [-0.2, 0) is 16.5 Å². The van der Waals surface area contributed by atoms with Crippen LogP contribution in [-0.4, -0.2) is 13.0 Å². The molecule has 0 saturated heterocycles. The Morgan fingerprint density at radius 1 is 0.963 bits per heavy atom.